The Balaban J connectivity index is 3.30. The van der Waals surface area contributed by atoms with Crippen LogP contribution in [-0.4, -0.2) is 14.7 Å². The molecule has 1 aromatic rings. The maximum atomic E-state index is 10.9. The zero-order chi connectivity index (χ0) is 11.6. The zero-order valence-corrected chi connectivity index (χ0v) is 11.6. The van der Waals surface area contributed by atoms with Gasteiger partial charge in [-0.05, 0) is 52.8 Å². The average Bonchev–Trinajstić information content (AvgIpc) is 2.08. The molecule has 0 bridgehead atoms. The van der Waals surface area contributed by atoms with Crippen molar-refractivity contribution >= 4 is 48.6 Å². The van der Waals surface area contributed by atoms with Crippen LogP contribution in [0.4, 0.5) is 0 Å². The Labute approximate surface area is 106 Å². The first-order valence-electron chi connectivity index (χ1n) is 4.00. The quantitative estimate of drug-likeness (QED) is 0.474. The molecule has 1 rings (SSSR count). The van der Waals surface area contributed by atoms with E-state index < -0.39 is 9.05 Å². The van der Waals surface area contributed by atoms with Crippen molar-refractivity contribution < 1.29 is 13.2 Å². The van der Waals surface area contributed by atoms with Crippen molar-refractivity contribution in [1.29, 1.82) is 0 Å². The Kier molecular flexibility index (Phi) is 4.13. The van der Waals surface area contributed by atoms with E-state index in [0.29, 0.717) is 23.0 Å². The molecule has 6 heteroatoms. The standard InChI is InChI=1S/C9H8ClIO3S/c1-6-7(4-12)2-9(11)3-8(6)5-15(10,13)14/h2-4H,5H2,1H3. The van der Waals surface area contributed by atoms with E-state index in [-0.39, 0.29) is 5.75 Å². The van der Waals surface area contributed by atoms with E-state index in [0.717, 1.165) is 3.57 Å². The first kappa shape index (κ1) is 12.9. The number of hydrogen-bond donors (Lipinski definition) is 0. The third-order valence-corrected chi connectivity index (χ3v) is 3.58. The fourth-order valence-electron chi connectivity index (χ4n) is 1.22. The van der Waals surface area contributed by atoms with Gasteiger partial charge < -0.3 is 0 Å². The minimum Gasteiger partial charge on any atom is -0.298 e. The number of rotatable bonds is 3. The first-order valence-corrected chi connectivity index (χ1v) is 7.56. The fraction of sp³-hybridized carbons (Fsp3) is 0.222. The van der Waals surface area contributed by atoms with E-state index in [4.69, 9.17) is 10.7 Å². The highest BCUT2D eigenvalue weighted by atomic mass is 127. The van der Waals surface area contributed by atoms with E-state index in [1.54, 1.807) is 19.1 Å². The van der Waals surface area contributed by atoms with Crippen LogP contribution in [0.5, 0.6) is 0 Å². The Bertz CT molecular complexity index is 496. The van der Waals surface area contributed by atoms with Gasteiger partial charge in [-0.15, -0.1) is 0 Å². The maximum Gasteiger partial charge on any atom is 0.236 e. The molecule has 0 aromatic heterocycles. The normalized spacial score (nSPS) is 11.4. The predicted octanol–water partition coefficient (Wildman–Crippen LogP) is 2.48. The molecule has 0 fully saturated rings. The van der Waals surface area contributed by atoms with Crippen LogP contribution in [0.1, 0.15) is 21.5 Å². The third kappa shape index (κ3) is 3.73. The molecule has 82 valence electrons. The largest absolute Gasteiger partial charge is 0.298 e. The number of benzene rings is 1. The molecule has 0 N–H and O–H groups in total. The minimum absolute atomic E-state index is 0.252. The molecule has 0 radical (unpaired) electrons. The molecular weight excluding hydrogens is 351 g/mol. The van der Waals surface area contributed by atoms with Gasteiger partial charge in [0, 0.05) is 19.8 Å². The number of carbonyl (C=O) groups excluding carboxylic acids is 1. The van der Waals surface area contributed by atoms with Crippen LogP contribution in [0, 0.1) is 10.5 Å². The van der Waals surface area contributed by atoms with Crippen LogP contribution in [0.3, 0.4) is 0 Å². The summed E-state index contributed by atoms with van der Waals surface area (Å²) in [4.78, 5) is 10.7. The molecule has 3 nitrogen and oxygen atoms in total. The van der Waals surface area contributed by atoms with Gasteiger partial charge in [-0.3, -0.25) is 4.79 Å². The highest BCUT2D eigenvalue weighted by Gasteiger charge is 2.12. The summed E-state index contributed by atoms with van der Waals surface area (Å²) >= 11 is 2.03. The van der Waals surface area contributed by atoms with Crippen LogP contribution in [-0.2, 0) is 14.8 Å². The van der Waals surface area contributed by atoms with Gasteiger partial charge in [-0.1, -0.05) is 0 Å². The average molecular weight is 359 g/mol. The summed E-state index contributed by atoms with van der Waals surface area (Å²) < 4.78 is 22.7. The summed E-state index contributed by atoms with van der Waals surface area (Å²) in [5.74, 6) is -0.252. The number of halogens is 2. The lowest BCUT2D eigenvalue weighted by molar-refractivity contribution is 0.112. The molecule has 0 aliphatic heterocycles. The van der Waals surface area contributed by atoms with E-state index >= 15 is 0 Å². The summed E-state index contributed by atoms with van der Waals surface area (Å²) in [6.07, 6.45) is 0.710. The second kappa shape index (κ2) is 4.80. The van der Waals surface area contributed by atoms with E-state index in [9.17, 15) is 13.2 Å². The van der Waals surface area contributed by atoms with Crippen LogP contribution < -0.4 is 0 Å². The van der Waals surface area contributed by atoms with Crippen molar-refractivity contribution in [2.45, 2.75) is 12.7 Å². The van der Waals surface area contributed by atoms with Crippen molar-refractivity contribution in [3.8, 4) is 0 Å². The number of carbonyl (C=O) groups is 1. The fourth-order valence-corrected chi connectivity index (χ4v) is 2.95. The molecule has 0 amide bonds. The van der Waals surface area contributed by atoms with Crippen molar-refractivity contribution in [2.24, 2.45) is 0 Å². The zero-order valence-electron chi connectivity index (χ0n) is 7.83. The Morgan fingerprint density at radius 1 is 1.47 bits per heavy atom. The van der Waals surface area contributed by atoms with Crippen LogP contribution >= 0.6 is 33.3 Å². The number of hydrogen-bond acceptors (Lipinski definition) is 3. The third-order valence-electron chi connectivity index (χ3n) is 1.98. The van der Waals surface area contributed by atoms with Gasteiger partial charge in [-0.2, -0.15) is 0 Å². The molecule has 0 aliphatic rings. The highest BCUT2D eigenvalue weighted by molar-refractivity contribution is 14.1. The lowest BCUT2D eigenvalue weighted by Gasteiger charge is -2.07. The lowest BCUT2D eigenvalue weighted by Crippen LogP contribution is -2.01. The number of aldehydes is 1. The first-order chi connectivity index (χ1) is 6.83. The Morgan fingerprint density at radius 2 is 2.07 bits per heavy atom. The second-order valence-corrected chi connectivity index (χ2v) is 7.10. The topological polar surface area (TPSA) is 51.2 Å². The summed E-state index contributed by atoms with van der Waals surface area (Å²) in [7, 11) is 1.58. The molecule has 0 saturated heterocycles. The molecule has 0 atom stereocenters. The smallest absolute Gasteiger partial charge is 0.236 e. The SMILES string of the molecule is Cc1c(C=O)cc(I)cc1CS(=O)(=O)Cl. The van der Waals surface area contributed by atoms with Crippen molar-refractivity contribution in [2.75, 3.05) is 0 Å². The molecule has 0 heterocycles. The Hall–Kier alpha value is -0.140. The maximum absolute atomic E-state index is 10.9. The van der Waals surface area contributed by atoms with Gasteiger partial charge in [0.15, 0.2) is 0 Å². The summed E-state index contributed by atoms with van der Waals surface area (Å²) in [6, 6.07) is 3.41. The molecule has 0 aliphatic carbocycles. The highest BCUT2D eigenvalue weighted by Crippen LogP contribution is 2.20. The molecule has 0 saturated carbocycles. The monoisotopic (exact) mass is 358 g/mol. The lowest BCUT2D eigenvalue weighted by atomic mass is 10.0. The second-order valence-electron chi connectivity index (χ2n) is 3.08. The van der Waals surface area contributed by atoms with Gasteiger partial charge >= 0.3 is 0 Å². The van der Waals surface area contributed by atoms with Crippen LogP contribution in [0.25, 0.3) is 0 Å². The minimum atomic E-state index is -3.59. The van der Waals surface area contributed by atoms with Gasteiger partial charge in [0.05, 0.1) is 5.75 Å². The Morgan fingerprint density at radius 3 is 2.53 bits per heavy atom. The van der Waals surface area contributed by atoms with E-state index in [1.165, 1.54) is 0 Å². The molecule has 15 heavy (non-hydrogen) atoms. The van der Waals surface area contributed by atoms with Crippen LogP contribution in [0.2, 0.25) is 0 Å². The van der Waals surface area contributed by atoms with E-state index in [2.05, 4.69) is 0 Å². The summed E-state index contributed by atoms with van der Waals surface area (Å²) in [5, 5.41) is 0. The van der Waals surface area contributed by atoms with Gasteiger partial charge in [0.1, 0.15) is 6.29 Å². The van der Waals surface area contributed by atoms with Gasteiger partial charge in [0.2, 0.25) is 9.05 Å². The van der Waals surface area contributed by atoms with Crippen molar-refractivity contribution in [1.82, 2.24) is 0 Å². The molecule has 1 aromatic carbocycles. The molecular formula is C9H8ClIO3S. The van der Waals surface area contributed by atoms with E-state index in [1.807, 2.05) is 22.6 Å². The van der Waals surface area contributed by atoms with Gasteiger partial charge in [-0.25, -0.2) is 8.42 Å². The van der Waals surface area contributed by atoms with Crippen molar-refractivity contribution in [3.05, 3.63) is 32.4 Å². The summed E-state index contributed by atoms with van der Waals surface area (Å²) in [6.45, 7) is 1.71. The summed E-state index contributed by atoms with van der Waals surface area (Å²) in [5.41, 5.74) is 1.73. The van der Waals surface area contributed by atoms with Crippen molar-refractivity contribution in [3.63, 3.8) is 0 Å². The molecule has 0 unspecified atom stereocenters. The van der Waals surface area contributed by atoms with Crippen LogP contribution in [0.15, 0.2) is 12.1 Å². The molecule has 0 spiro atoms. The van der Waals surface area contributed by atoms with Gasteiger partial charge in [0.25, 0.3) is 0 Å². The predicted molar refractivity (Wildman–Crippen MR) is 67.8 cm³/mol.